The first kappa shape index (κ1) is 11.9. The van der Waals surface area contributed by atoms with Crippen LogP contribution >= 0.6 is 15.9 Å². The van der Waals surface area contributed by atoms with Crippen LogP contribution in [0.15, 0.2) is 22.7 Å². The van der Waals surface area contributed by atoms with E-state index in [4.69, 9.17) is 10.00 Å². The molecule has 0 heterocycles. The number of benzene rings is 1. The summed E-state index contributed by atoms with van der Waals surface area (Å²) in [4.78, 5) is 0. The van der Waals surface area contributed by atoms with Gasteiger partial charge >= 0.3 is 0 Å². The van der Waals surface area contributed by atoms with E-state index in [0.717, 1.165) is 15.9 Å². The SMILES string of the molecule is COc1ccc(NCC(C)C#N)cc1Br. The molecule has 1 aromatic carbocycles. The Morgan fingerprint density at radius 3 is 2.87 bits per heavy atom. The molecule has 0 aromatic heterocycles. The molecule has 0 spiro atoms. The minimum Gasteiger partial charge on any atom is -0.496 e. The number of nitrogens with one attached hydrogen (secondary N) is 1. The summed E-state index contributed by atoms with van der Waals surface area (Å²) in [6, 6.07) is 7.91. The molecule has 0 fully saturated rings. The van der Waals surface area contributed by atoms with E-state index < -0.39 is 0 Å². The molecule has 1 unspecified atom stereocenters. The lowest BCUT2D eigenvalue weighted by atomic mass is 10.2. The van der Waals surface area contributed by atoms with Crippen molar-refractivity contribution in [3.63, 3.8) is 0 Å². The van der Waals surface area contributed by atoms with Gasteiger partial charge in [-0.05, 0) is 41.1 Å². The molecule has 0 bridgehead atoms. The number of anilines is 1. The lowest BCUT2D eigenvalue weighted by Crippen LogP contribution is -2.09. The van der Waals surface area contributed by atoms with Gasteiger partial charge in [-0.3, -0.25) is 0 Å². The van der Waals surface area contributed by atoms with Gasteiger partial charge in [-0.2, -0.15) is 5.26 Å². The van der Waals surface area contributed by atoms with Gasteiger partial charge in [0.1, 0.15) is 5.75 Å². The standard InChI is InChI=1S/C11H13BrN2O/c1-8(6-13)7-14-9-3-4-11(15-2)10(12)5-9/h3-5,8,14H,7H2,1-2H3. The highest BCUT2D eigenvalue weighted by atomic mass is 79.9. The predicted molar refractivity (Wildman–Crippen MR) is 64.0 cm³/mol. The first-order valence-corrected chi connectivity index (χ1v) is 5.43. The van der Waals surface area contributed by atoms with Crippen molar-refractivity contribution in [1.29, 1.82) is 5.26 Å². The van der Waals surface area contributed by atoms with Crippen molar-refractivity contribution in [2.75, 3.05) is 19.0 Å². The average Bonchev–Trinajstić information content (AvgIpc) is 2.26. The second-order valence-corrected chi connectivity index (χ2v) is 4.11. The Morgan fingerprint density at radius 2 is 2.33 bits per heavy atom. The monoisotopic (exact) mass is 268 g/mol. The predicted octanol–water partition coefficient (Wildman–Crippen LogP) is 3.03. The van der Waals surface area contributed by atoms with Gasteiger partial charge in [0.15, 0.2) is 0 Å². The molecule has 1 rings (SSSR count). The van der Waals surface area contributed by atoms with Crippen LogP contribution < -0.4 is 10.1 Å². The zero-order valence-corrected chi connectivity index (χ0v) is 10.3. The van der Waals surface area contributed by atoms with Crippen molar-refractivity contribution in [2.45, 2.75) is 6.92 Å². The molecule has 0 saturated carbocycles. The van der Waals surface area contributed by atoms with Crippen LogP contribution in [-0.4, -0.2) is 13.7 Å². The summed E-state index contributed by atoms with van der Waals surface area (Å²) in [5.74, 6) is 0.805. The maximum atomic E-state index is 8.63. The highest BCUT2D eigenvalue weighted by Gasteiger charge is 2.02. The van der Waals surface area contributed by atoms with Crippen LogP contribution in [0.4, 0.5) is 5.69 Å². The van der Waals surface area contributed by atoms with Crippen molar-refractivity contribution < 1.29 is 4.74 Å². The molecule has 0 radical (unpaired) electrons. The van der Waals surface area contributed by atoms with Crippen LogP contribution in [-0.2, 0) is 0 Å². The molecule has 0 saturated heterocycles. The van der Waals surface area contributed by atoms with E-state index in [2.05, 4.69) is 27.3 Å². The molecule has 1 atom stereocenters. The maximum Gasteiger partial charge on any atom is 0.133 e. The fourth-order valence-corrected chi connectivity index (χ4v) is 1.63. The third kappa shape index (κ3) is 3.45. The van der Waals surface area contributed by atoms with Gasteiger partial charge in [-0.25, -0.2) is 0 Å². The first-order chi connectivity index (χ1) is 7.17. The third-order valence-electron chi connectivity index (χ3n) is 1.98. The Hall–Kier alpha value is -1.21. The fraction of sp³-hybridized carbons (Fsp3) is 0.364. The molecule has 0 amide bonds. The second-order valence-electron chi connectivity index (χ2n) is 3.26. The third-order valence-corrected chi connectivity index (χ3v) is 2.60. The van der Waals surface area contributed by atoms with E-state index in [9.17, 15) is 0 Å². The minimum atomic E-state index is 0.00544. The Labute approximate surface area is 98.2 Å². The molecule has 1 N–H and O–H groups in total. The maximum absolute atomic E-state index is 8.63. The summed E-state index contributed by atoms with van der Waals surface area (Å²) >= 11 is 3.40. The number of methoxy groups -OCH3 is 1. The van der Waals surface area contributed by atoms with Gasteiger partial charge in [-0.1, -0.05) is 0 Å². The van der Waals surface area contributed by atoms with Crippen LogP contribution in [0.2, 0.25) is 0 Å². The number of halogens is 1. The van der Waals surface area contributed by atoms with Gasteiger partial charge < -0.3 is 10.1 Å². The molecular weight excluding hydrogens is 256 g/mol. The van der Waals surface area contributed by atoms with Crippen LogP contribution in [0.1, 0.15) is 6.92 Å². The molecule has 80 valence electrons. The highest BCUT2D eigenvalue weighted by molar-refractivity contribution is 9.10. The van der Waals surface area contributed by atoms with Gasteiger partial charge in [-0.15, -0.1) is 0 Å². The number of nitriles is 1. The molecule has 0 aliphatic heterocycles. The zero-order chi connectivity index (χ0) is 11.3. The van der Waals surface area contributed by atoms with E-state index in [1.54, 1.807) is 7.11 Å². The second kappa shape index (κ2) is 5.62. The van der Waals surface area contributed by atoms with Crippen molar-refractivity contribution in [1.82, 2.24) is 0 Å². The van der Waals surface area contributed by atoms with Gasteiger partial charge in [0.25, 0.3) is 0 Å². The number of rotatable bonds is 4. The van der Waals surface area contributed by atoms with E-state index in [0.29, 0.717) is 6.54 Å². The van der Waals surface area contributed by atoms with Gasteiger partial charge in [0.05, 0.1) is 23.6 Å². The van der Waals surface area contributed by atoms with E-state index in [1.807, 2.05) is 25.1 Å². The summed E-state index contributed by atoms with van der Waals surface area (Å²) in [6.45, 7) is 2.53. The first-order valence-electron chi connectivity index (χ1n) is 4.64. The summed E-state index contributed by atoms with van der Waals surface area (Å²) in [6.07, 6.45) is 0. The molecule has 15 heavy (non-hydrogen) atoms. The van der Waals surface area contributed by atoms with Crippen molar-refractivity contribution in [3.8, 4) is 11.8 Å². The van der Waals surface area contributed by atoms with Crippen molar-refractivity contribution in [2.24, 2.45) is 5.92 Å². The fourth-order valence-electron chi connectivity index (χ4n) is 1.09. The molecule has 3 nitrogen and oxygen atoms in total. The van der Waals surface area contributed by atoms with Crippen LogP contribution in [0.5, 0.6) is 5.75 Å². The Balaban J connectivity index is 2.64. The lowest BCUT2D eigenvalue weighted by molar-refractivity contribution is 0.412. The average molecular weight is 269 g/mol. The Morgan fingerprint density at radius 1 is 1.60 bits per heavy atom. The van der Waals surface area contributed by atoms with E-state index in [-0.39, 0.29) is 5.92 Å². The van der Waals surface area contributed by atoms with Crippen molar-refractivity contribution >= 4 is 21.6 Å². The summed E-state index contributed by atoms with van der Waals surface area (Å²) in [5.41, 5.74) is 0.977. The smallest absolute Gasteiger partial charge is 0.133 e. The number of nitrogens with zero attached hydrogens (tertiary/aromatic N) is 1. The molecule has 4 heteroatoms. The van der Waals surface area contributed by atoms with Crippen LogP contribution in [0.25, 0.3) is 0 Å². The van der Waals surface area contributed by atoms with Crippen LogP contribution in [0, 0.1) is 17.2 Å². The number of ether oxygens (including phenoxy) is 1. The molecule has 1 aromatic rings. The minimum absolute atomic E-state index is 0.00544. The molecular formula is C11H13BrN2O. The Kier molecular flexibility index (Phi) is 4.44. The Bertz CT molecular complexity index is 373. The van der Waals surface area contributed by atoms with Gasteiger partial charge in [0, 0.05) is 12.2 Å². The van der Waals surface area contributed by atoms with E-state index >= 15 is 0 Å². The summed E-state index contributed by atoms with van der Waals surface area (Å²) in [7, 11) is 1.63. The van der Waals surface area contributed by atoms with Crippen molar-refractivity contribution in [3.05, 3.63) is 22.7 Å². The lowest BCUT2D eigenvalue weighted by Gasteiger charge is -2.09. The topological polar surface area (TPSA) is 45.0 Å². The summed E-state index contributed by atoms with van der Waals surface area (Å²) < 4.78 is 6.02. The van der Waals surface area contributed by atoms with E-state index in [1.165, 1.54) is 0 Å². The number of hydrogen-bond acceptors (Lipinski definition) is 3. The molecule has 0 aliphatic carbocycles. The summed E-state index contributed by atoms with van der Waals surface area (Å²) in [5, 5.41) is 11.8. The quantitative estimate of drug-likeness (QED) is 0.913. The zero-order valence-electron chi connectivity index (χ0n) is 8.75. The van der Waals surface area contributed by atoms with Crippen LogP contribution in [0.3, 0.4) is 0 Å². The highest BCUT2D eigenvalue weighted by Crippen LogP contribution is 2.27. The van der Waals surface area contributed by atoms with Gasteiger partial charge in [0.2, 0.25) is 0 Å². The number of hydrogen-bond donors (Lipinski definition) is 1. The molecule has 0 aliphatic rings. The normalized spacial score (nSPS) is 11.6. The largest absolute Gasteiger partial charge is 0.496 e.